The number of hydrogen-bond acceptors (Lipinski definition) is 2. The Bertz CT molecular complexity index is 859. The molecule has 0 bridgehead atoms. The van der Waals surface area contributed by atoms with Gasteiger partial charge in [0.2, 0.25) is 11.8 Å². The zero-order valence-corrected chi connectivity index (χ0v) is 15.5. The van der Waals surface area contributed by atoms with Crippen LogP contribution < -0.4 is 4.90 Å². The lowest BCUT2D eigenvalue weighted by Crippen LogP contribution is -2.42. The molecule has 0 aliphatic carbocycles. The van der Waals surface area contributed by atoms with Crippen molar-refractivity contribution < 1.29 is 18.4 Å². The summed E-state index contributed by atoms with van der Waals surface area (Å²) in [5.74, 6) is -1.81. The second-order valence-corrected chi connectivity index (χ2v) is 7.54. The highest BCUT2D eigenvalue weighted by Crippen LogP contribution is 2.31. The van der Waals surface area contributed by atoms with Crippen LogP contribution >= 0.6 is 0 Å². The molecule has 2 fully saturated rings. The molecule has 6 heteroatoms. The number of halogens is 2. The average molecular weight is 384 g/mol. The van der Waals surface area contributed by atoms with Gasteiger partial charge in [0, 0.05) is 37.8 Å². The number of rotatable bonds is 3. The van der Waals surface area contributed by atoms with Crippen molar-refractivity contribution in [3.05, 3.63) is 65.7 Å². The molecule has 4 rings (SSSR count). The Kier molecular flexibility index (Phi) is 5.11. The van der Waals surface area contributed by atoms with Crippen molar-refractivity contribution in [1.82, 2.24) is 4.90 Å². The molecule has 1 atom stereocenters. The quantitative estimate of drug-likeness (QED) is 0.809. The van der Waals surface area contributed by atoms with Crippen LogP contribution in [0.3, 0.4) is 0 Å². The molecule has 28 heavy (non-hydrogen) atoms. The Morgan fingerprint density at radius 3 is 2.25 bits per heavy atom. The first-order chi connectivity index (χ1) is 13.5. The third kappa shape index (κ3) is 3.77. The lowest BCUT2D eigenvalue weighted by atomic mass is 9.89. The van der Waals surface area contributed by atoms with Crippen molar-refractivity contribution >= 4 is 17.5 Å². The fraction of sp³-hybridized carbons (Fsp3) is 0.364. The lowest BCUT2D eigenvalue weighted by Gasteiger charge is -2.33. The predicted octanol–water partition coefficient (Wildman–Crippen LogP) is 3.72. The van der Waals surface area contributed by atoms with Crippen molar-refractivity contribution in [2.45, 2.75) is 25.2 Å². The van der Waals surface area contributed by atoms with Crippen LogP contribution in [-0.2, 0) is 9.59 Å². The third-order valence-corrected chi connectivity index (χ3v) is 5.71. The van der Waals surface area contributed by atoms with E-state index in [1.54, 1.807) is 0 Å². The predicted molar refractivity (Wildman–Crippen MR) is 102 cm³/mol. The molecule has 2 amide bonds. The Morgan fingerprint density at radius 2 is 1.61 bits per heavy atom. The van der Waals surface area contributed by atoms with Crippen molar-refractivity contribution in [2.24, 2.45) is 5.92 Å². The third-order valence-electron chi connectivity index (χ3n) is 5.71. The highest BCUT2D eigenvalue weighted by Gasteiger charge is 2.38. The lowest BCUT2D eigenvalue weighted by molar-refractivity contribution is -0.136. The largest absolute Gasteiger partial charge is 0.342 e. The standard InChI is InChI=1S/C22H22F2N2O2/c23-18-11-19(24)13-20(12-18)26-14-17(10-21(26)27)22(28)25-8-6-16(7-9-25)15-4-2-1-3-5-15/h1-5,11-13,16-17H,6-10,14H2. The van der Waals surface area contributed by atoms with Gasteiger partial charge in [-0.1, -0.05) is 30.3 Å². The highest BCUT2D eigenvalue weighted by molar-refractivity contribution is 6.00. The normalized spacial score (nSPS) is 20.6. The Labute approximate surface area is 162 Å². The van der Waals surface area contributed by atoms with Gasteiger partial charge in [-0.05, 0) is 36.5 Å². The van der Waals surface area contributed by atoms with E-state index in [0.29, 0.717) is 19.0 Å². The minimum atomic E-state index is -0.736. The van der Waals surface area contributed by atoms with Gasteiger partial charge in [0.05, 0.1) is 5.92 Å². The molecule has 2 aromatic carbocycles. The Morgan fingerprint density at radius 1 is 0.964 bits per heavy atom. The molecule has 0 spiro atoms. The van der Waals surface area contributed by atoms with E-state index in [-0.39, 0.29) is 30.5 Å². The van der Waals surface area contributed by atoms with Crippen LogP contribution in [0, 0.1) is 17.6 Å². The van der Waals surface area contributed by atoms with E-state index in [0.717, 1.165) is 31.0 Å². The maximum Gasteiger partial charge on any atom is 0.228 e. The topological polar surface area (TPSA) is 40.6 Å². The van der Waals surface area contributed by atoms with Crippen LogP contribution in [0.25, 0.3) is 0 Å². The van der Waals surface area contributed by atoms with Crippen LogP contribution in [0.2, 0.25) is 0 Å². The molecule has 146 valence electrons. The van der Waals surface area contributed by atoms with Gasteiger partial charge in [-0.2, -0.15) is 0 Å². The monoisotopic (exact) mass is 384 g/mol. The van der Waals surface area contributed by atoms with Crippen molar-refractivity contribution in [2.75, 3.05) is 24.5 Å². The number of amides is 2. The summed E-state index contributed by atoms with van der Waals surface area (Å²) in [6.45, 7) is 1.49. The molecule has 1 unspecified atom stereocenters. The summed E-state index contributed by atoms with van der Waals surface area (Å²) < 4.78 is 27.0. The number of anilines is 1. The summed E-state index contributed by atoms with van der Waals surface area (Å²) >= 11 is 0. The molecule has 2 heterocycles. The number of carbonyl (C=O) groups is 2. The SMILES string of the molecule is O=C(C1CC(=O)N(c2cc(F)cc(F)c2)C1)N1CCC(c2ccccc2)CC1. The van der Waals surface area contributed by atoms with E-state index in [1.165, 1.54) is 10.5 Å². The van der Waals surface area contributed by atoms with Crippen molar-refractivity contribution in [1.29, 1.82) is 0 Å². The highest BCUT2D eigenvalue weighted by atomic mass is 19.1. The number of likely N-dealkylation sites (tertiary alicyclic amines) is 1. The van der Waals surface area contributed by atoms with Crippen molar-refractivity contribution in [3.8, 4) is 0 Å². The Hall–Kier alpha value is -2.76. The summed E-state index contributed by atoms with van der Waals surface area (Å²) in [4.78, 5) is 28.4. The number of hydrogen-bond donors (Lipinski definition) is 0. The maximum atomic E-state index is 13.5. The zero-order valence-electron chi connectivity index (χ0n) is 15.5. The minimum Gasteiger partial charge on any atom is -0.342 e. The van der Waals surface area contributed by atoms with Gasteiger partial charge in [0.1, 0.15) is 11.6 Å². The van der Waals surface area contributed by atoms with Gasteiger partial charge >= 0.3 is 0 Å². The molecule has 0 N–H and O–H groups in total. The van der Waals surface area contributed by atoms with E-state index in [2.05, 4.69) is 12.1 Å². The second-order valence-electron chi connectivity index (χ2n) is 7.54. The van der Waals surface area contributed by atoms with E-state index in [1.807, 2.05) is 23.1 Å². The molecule has 0 radical (unpaired) electrons. The summed E-state index contributed by atoms with van der Waals surface area (Å²) in [6.07, 6.45) is 1.88. The first-order valence-electron chi connectivity index (χ1n) is 9.61. The number of benzene rings is 2. The van der Waals surface area contributed by atoms with E-state index in [4.69, 9.17) is 0 Å². The van der Waals surface area contributed by atoms with Gasteiger partial charge in [-0.25, -0.2) is 8.78 Å². The van der Waals surface area contributed by atoms with Crippen LogP contribution in [0.5, 0.6) is 0 Å². The number of carbonyl (C=O) groups excluding carboxylic acids is 2. The molecular weight excluding hydrogens is 362 g/mol. The molecule has 0 aromatic heterocycles. The molecule has 4 nitrogen and oxygen atoms in total. The summed E-state index contributed by atoms with van der Waals surface area (Å²) in [6, 6.07) is 13.3. The molecule has 2 aromatic rings. The van der Waals surface area contributed by atoms with Crippen LogP contribution in [0.4, 0.5) is 14.5 Å². The van der Waals surface area contributed by atoms with Gasteiger partial charge in [-0.15, -0.1) is 0 Å². The number of nitrogens with zero attached hydrogens (tertiary/aromatic N) is 2. The maximum absolute atomic E-state index is 13.5. The Balaban J connectivity index is 1.39. The van der Waals surface area contributed by atoms with Crippen molar-refractivity contribution in [3.63, 3.8) is 0 Å². The fourth-order valence-corrected chi connectivity index (χ4v) is 4.23. The molecule has 2 aliphatic rings. The van der Waals surface area contributed by atoms with Gasteiger partial charge in [0.15, 0.2) is 0 Å². The first-order valence-corrected chi connectivity index (χ1v) is 9.61. The smallest absolute Gasteiger partial charge is 0.228 e. The van der Waals surface area contributed by atoms with Gasteiger partial charge in [-0.3, -0.25) is 9.59 Å². The minimum absolute atomic E-state index is 0.0424. The summed E-state index contributed by atoms with van der Waals surface area (Å²) in [5, 5.41) is 0. The first kappa shape index (κ1) is 18.6. The van der Waals surface area contributed by atoms with Crippen LogP contribution in [-0.4, -0.2) is 36.3 Å². The van der Waals surface area contributed by atoms with Crippen LogP contribution in [0.15, 0.2) is 48.5 Å². The number of piperidine rings is 1. The molecule has 2 aliphatic heterocycles. The zero-order chi connectivity index (χ0) is 19.7. The van der Waals surface area contributed by atoms with Gasteiger partial charge < -0.3 is 9.80 Å². The summed E-state index contributed by atoms with van der Waals surface area (Å²) in [5.41, 5.74) is 1.46. The molecular formula is C22H22F2N2O2. The van der Waals surface area contributed by atoms with E-state index in [9.17, 15) is 18.4 Å². The fourth-order valence-electron chi connectivity index (χ4n) is 4.23. The molecule has 0 saturated carbocycles. The second kappa shape index (κ2) is 7.70. The van der Waals surface area contributed by atoms with E-state index < -0.39 is 17.6 Å². The van der Waals surface area contributed by atoms with E-state index >= 15 is 0 Å². The molecule has 2 saturated heterocycles. The summed E-state index contributed by atoms with van der Waals surface area (Å²) in [7, 11) is 0. The van der Waals surface area contributed by atoms with Gasteiger partial charge in [0.25, 0.3) is 0 Å². The average Bonchev–Trinajstić information content (AvgIpc) is 3.09. The van der Waals surface area contributed by atoms with Crippen LogP contribution in [0.1, 0.15) is 30.7 Å².